The van der Waals surface area contributed by atoms with Crippen LogP contribution in [0.15, 0.2) is 96.2 Å². The standard InChI is InChI=1S/C26H24N4O2/c1-2-17-32-24-15-13-20(14-16-24)25-22(19-30(29-25)23-11-7-4-8-12-23)18-27-28-26(31)21-9-5-3-6-10-21/h3-16,18-19H,2,17H2,1H3,(H,28,31)/b27-18-. The van der Waals surface area contributed by atoms with E-state index in [1.807, 2.05) is 79.0 Å². The molecule has 1 heterocycles. The van der Waals surface area contributed by atoms with E-state index in [1.54, 1.807) is 23.0 Å². The number of hydrazone groups is 1. The third kappa shape index (κ3) is 5.10. The number of para-hydroxylation sites is 1. The van der Waals surface area contributed by atoms with Gasteiger partial charge in [0.2, 0.25) is 0 Å². The number of carbonyl (C=O) groups excluding carboxylic acids is 1. The topological polar surface area (TPSA) is 68.5 Å². The van der Waals surface area contributed by atoms with Gasteiger partial charge >= 0.3 is 0 Å². The molecule has 0 saturated heterocycles. The van der Waals surface area contributed by atoms with Crippen molar-refractivity contribution in [2.24, 2.45) is 5.10 Å². The molecule has 0 fully saturated rings. The van der Waals surface area contributed by atoms with Crippen LogP contribution in [-0.4, -0.2) is 28.5 Å². The van der Waals surface area contributed by atoms with E-state index in [0.717, 1.165) is 34.7 Å². The molecule has 0 bridgehead atoms. The van der Waals surface area contributed by atoms with Gasteiger partial charge in [0.15, 0.2) is 0 Å². The van der Waals surface area contributed by atoms with Crippen LogP contribution in [0.2, 0.25) is 0 Å². The van der Waals surface area contributed by atoms with Crippen molar-refractivity contribution in [3.05, 3.63) is 102 Å². The van der Waals surface area contributed by atoms with Gasteiger partial charge in [-0.1, -0.05) is 43.3 Å². The maximum Gasteiger partial charge on any atom is 0.271 e. The zero-order valence-electron chi connectivity index (χ0n) is 17.8. The SMILES string of the molecule is CCCOc1ccc(-c2nn(-c3ccccc3)cc2/C=N\NC(=O)c2ccccc2)cc1. The summed E-state index contributed by atoms with van der Waals surface area (Å²) in [4.78, 5) is 12.3. The Balaban J connectivity index is 1.61. The number of nitrogens with zero attached hydrogens (tertiary/aromatic N) is 3. The Bertz CT molecular complexity index is 1180. The van der Waals surface area contributed by atoms with Crippen molar-refractivity contribution in [2.45, 2.75) is 13.3 Å². The Kier molecular flexibility index (Phi) is 6.72. The number of amides is 1. The van der Waals surface area contributed by atoms with Gasteiger partial charge in [0.05, 0.1) is 18.5 Å². The van der Waals surface area contributed by atoms with Crippen LogP contribution in [-0.2, 0) is 0 Å². The van der Waals surface area contributed by atoms with Gasteiger partial charge < -0.3 is 4.74 Å². The van der Waals surface area contributed by atoms with Gasteiger partial charge in [-0.2, -0.15) is 10.2 Å². The number of hydrogen-bond donors (Lipinski definition) is 1. The van der Waals surface area contributed by atoms with Crippen molar-refractivity contribution in [1.82, 2.24) is 15.2 Å². The third-order valence-corrected chi connectivity index (χ3v) is 4.77. The molecule has 0 spiro atoms. The quantitative estimate of drug-likeness (QED) is 0.316. The number of aromatic nitrogens is 2. The van der Waals surface area contributed by atoms with E-state index in [0.29, 0.717) is 12.2 Å². The molecule has 0 atom stereocenters. The van der Waals surface area contributed by atoms with Crippen molar-refractivity contribution < 1.29 is 9.53 Å². The molecule has 1 amide bonds. The molecular formula is C26H24N4O2. The van der Waals surface area contributed by atoms with Crippen LogP contribution in [0.1, 0.15) is 29.3 Å². The summed E-state index contributed by atoms with van der Waals surface area (Å²) in [5.41, 5.74) is 6.53. The van der Waals surface area contributed by atoms with Crippen LogP contribution in [0, 0.1) is 0 Å². The van der Waals surface area contributed by atoms with Crippen LogP contribution in [0.5, 0.6) is 5.75 Å². The van der Waals surface area contributed by atoms with E-state index in [9.17, 15) is 4.79 Å². The fourth-order valence-corrected chi connectivity index (χ4v) is 3.16. The Morgan fingerprint density at radius 2 is 1.69 bits per heavy atom. The summed E-state index contributed by atoms with van der Waals surface area (Å²) in [6.45, 7) is 2.76. The number of ether oxygens (including phenoxy) is 1. The van der Waals surface area contributed by atoms with E-state index in [1.165, 1.54) is 0 Å². The molecule has 4 aromatic rings. The van der Waals surface area contributed by atoms with Crippen LogP contribution >= 0.6 is 0 Å². The molecule has 0 aliphatic rings. The van der Waals surface area contributed by atoms with Crippen LogP contribution in [0.3, 0.4) is 0 Å². The Labute approximate surface area is 187 Å². The van der Waals surface area contributed by atoms with Crippen molar-refractivity contribution in [2.75, 3.05) is 6.61 Å². The Hall–Kier alpha value is -4.19. The second-order valence-corrected chi connectivity index (χ2v) is 7.15. The molecule has 0 aliphatic carbocycles. The van der Waals surface area contributed by atoms with Gasteiger partial charge in [-0.25, -0.2) is 10.1 Å². The second-order valence-electron chi connectivity index (χ2n) is 7.15. The lowest BCUT2D eigenvalue weighted by Crippen LogP contribution is -2.17. The van der Waals surface area contributed by atoms with E-state index in [-0.39, 0.29) is 5.91 Å². The minimum Gasteiger partial charge on any atom is -0.494 e. The molecule has 0 saturated carbocycles. The minimum absolute atomic E-state index is 0.267. The summed E-state index contributed by atoms with van der Waals surface area (Å²) in [6, 6.07) is 26.6. The lowest BCUT2D eigenvalue weighted by Gasteiger charge is -2.05. The van der Waals surface area contributed by atoms with Gasteiger partial charge in [-0.15, -0.1) is 0 Å². The molecule has 0 radical (unpaired) electrons. The molecule has 1 N–H and O–H groups in total. The highest BCUT2D eigenvalue weighted by Gasteiger charge is 2.12. The number of nitrogens with one attached hydrogen (secondary N) is 1. The first-order chi connectivity index (χ1) is 15.7. The molecule has 160 valence electrons. The lowest BCUT2D eigenvalue weighted by atomic mass is 10.1. The van der Waals surface area contributed by atoms with Crippen molar-refractivity contribution >= 4 is 12.1 Å². The molecule has 6 nitrogen and oxygen atoms in total. The molecule has 4 rings (SSSR count). The predicted molar refractivity (Wildman–Crippen MR) is 126 cm³/mol. The Morgan fingerprint density at radius 3 is 2.38 bits per heavy atom. The number of rotatable bonds is 8. The van der Waals surface area contributed by atoms with Gasteiger partial charge in [0.25, 0.3) is 5.91 Å². The molecule has 0 unspecified atom stereocenters. The minimum atomic E-state index is -0.267. The summed E-state index contributed by atoms with van der Waals surface area (Å²) in [7, 11) is 0. The summed E-state index contributed by atoms with van der Waals surface area (Å²) in [5, 5.41) is 8.94. The fourth-order valence-electron chi connectivity index (χ4n) is 3.16. The third-order valence-electron chi connectivity index (χ3n) is 4.77. The van der Waals surface area contributed by atoms with Crippen LogP contribution in [0.25, 0.3) is 16.9 Å². The number of carbonyl (C=O) groups is 1. The average molecular weight is 425 g/mol. The van der Waals surface area contributed by atoms with Crippen molar-refractivity contribution in [3.63, 3.8) is 0 Å². The number of hydrogen-bond acceptors (Lipinski definition) is 4. The zero-order valence-corrected chi connectivity index (χ0v) is 17.8. The van der Waals surface area contributed by atoms with Crippen molar-refractivity contribution in [3.8, 4) is 22.7 Å². The van der Waals surface area contributed by atoms with E-state index in [2.05, 4.69) is 17.5 Å². The van der Waals surface area contributed by atoms with Crippen LogP contribution < -0.4 is 10.2 Å². The summed E-state index contributed by atoms with van der Waals surface area (Å²) in [6.07, 6.45) is 4.47. The highest BCUT2D eigenvalue weighted by molar-refractivity contribution is 5.95. The summed E-state index contributed by atoms with van der Waals surface area (Å²) >= 11 is 0. The largest absolute Gasteiger partial charge is 0.494 e. The molecule has 3 aromatic carbocycles. The fraction of sp³-hybridized carbons (Fsp3) is 0.115. The van der Waals surface area contributed by atoms with Gasteiger partial charge in [-0.3, -0.25) is 4.79 Å². The first-order valence-corrected chi connectivity index (χ1v) is 10.5. The van der Waals surface area contributed by atoms with Gasteiger partial charge in [0.1, 0.15) is 11.4 Å². The maximum absolute atomic E-state index is 12.3. The molecule has 0 aliphatic heterocycles. The highest BCUT2D eigenvalue weighted by atomic mass is 16.5. The maximum atomic E-state index is 12.3. The first kappa shape index (κ1) is 21.1. The number of benzene rings is 3. The predicted octanol–water partition coefficient (Wildman–Crippen LogP) is 5.09. The first-order valence-electron chi connectivity index (χ1n) is 10.5. The monoisotopic (exact) mass is 424 g/mol. The Morgan fingerprint density at radius 1 is 1.00 bits per heavy atom. The molecule has 1 aromatic heterocycles. The molecule has 32 heavy (non-hydrogen) atoms. The second kappa shape index (κ2) is 10.2. The zero-order chi connectivity index (χ0) is 22.2. The van der Waals surface area contributed by atoms with Crippen LogP contribution in [0.4, 0.5) is 0 Å². The van der Waals surface area contributed by atoms with E-state index < -0.39 is 0 Å². The highest BCUT2D eigenvalue weighted by Crippen LogP contribution is 2.25. The van der Waals surface area contributed by atoms with Crippen molar-refractivity contribution in [1.29, 1.82) is 0 Å². The summed E-state index contributed by atoms with van der Waals surface area (Å²) < 4.78 is 7.49. The lowest BCUT2D eigenvalue weighted by molar-refractivity contribution is 0.0955. The molecule has 6 heteroatoms. The normalized spacial score (nSPS) is 10.9. The molecular weight excluding hydrogens is 400 g/mol. The smallest absolute Gasteiger partial charge is 0.271 e. The summed E-state index contributed by atoms with van der Waals surface area (Å²) in [5.74, 6) is 0.555. The van der Waals surface area contributed by atoms with E-state index >= 15 is 0 Å². The van der Waals surface area contributed by atoms with E-state index in [4.69, 9.17) is 9.84 Å². The van der Waals surface area contributed by atoms with Gasteiger partial charge in [-0.05, 0) is 55.0 Å². The van der Waals surface area contributed by atoms with Gasteiger partial charge in [0, 0.05) is 22.9 Å². The average Bonchev–Trinajstić information content (AvgIpc) is 3.28.